The van der Waals surface area contributed by atoms with E-state index in [1.807, 2.05) is 6.08 Å². The number of likely N-dealkylation sites (tertiary alicyclic amines) is 1. The molecule has 1 rings (SSSR count). The van der Waals surface area contributed by atoms with Crippen LogP contribution in [0.5, 0.6) is 0 Å². The summed E-state index contributed by atoms with van der Waals surface area (Å²) in [6.07, 6.45) is 3.99. The molecule has 1 N–H and O–H groups in total. The van der Waals surface area contributed by atoms with Gasteiger partial charge in [-0.2, -0.15) is 0 Å². The number of carboxylic acids is 1. The predicted molar refractivity (Wildman–Crippen MR) is 74.7 cm³/mol. The molecule has 0 aliphatic carbocycles. The molecule has 18 heavy (non-hydrogen) atoms. The minimum absolute atomic E-state index is 0.121. The normalized spacial score (nSPS) is 25.1. The fourth-order valence-electron chi connectivity index (χ4n) is 3.79. The summed E-state index contributed by atoms with van der Waals surface area (Å²) in [6, 6.07) is 0. The van der Waals surface area contributed by atoms with Crippen LogP contribution in [0.1, 0.15) is 54.4 Å². The molecule has 0 aromatic rings. The molecule has 1 aliphatic heterocycles. The maximum Gasteiger partial charge on any atom is 0.330 e. The second-order valence-electron chi connectivity index (χ2n) is 6.69. The molecular formula is C15H27NO2. The SMILES string of the molecule is CCN1C(C)(C)CC(C=C(C)C(=O)O)CC1(C)C. The monoisotopic (exact) mass is 253 g/mol. The summed E-state index contributed by atoms with van der Waals surface area (Å²) in [7, 11) is 0. The molecule has 0 radical (unpaired) electrons. The van der Waals surface area contributed by atoms with Crippen LogP contribution in [-0.4, -0.2) is 33.6 Å². The summed E-state index contributed by atoms with van der Waals surface area (Å²) < 4.78 is 0. The number of nitrogens with zero attached hydrogens (tertiary/aromatic N) is 1. The Morgan fingerprint density at radius 1 is 1.28 bits per heavy atom. The van der Waals surface area contributed by atoms with Crippen molar-refractivity contribution in [2.45, 2.75) is 65.5 Å². The molecule has 0 unspecified atom stereocenters. The van der Waals surface area contributed by atoms with Crippen LogP contribution in [0.2, 0.25) is 0 Å². The molecule has 0 atom stereocenters. The first-order valence-corrected chi connectivity index (χ1v) is 6.79. The average Bonchev–Trinajstić information content (AvgIpc) is 2.13. The van der Waals surface area contributed by atoms with Crippen LogP contribution in [0.25, 0.3) is 0 Å². The number of carboxylic acid groups (broad SMARTS) is 1. The second-order valence-corrected chi connectivity index (χ2v) is 6.69. The maximum atomic E-state index is 10.9. The van der Waals surface area contributed by atoms with Crippen LogP contribution in [0.4, 0.5) is 0 Å². The first-order valence-electron chi connectivity index (χ1n) is 6.79. The van der Waals surface area contributed by atoms with Gasteiger partial charge in [0.1, 0.15) is 0 Å². The lowest BCUT2D eigenvalue weighted by Crippen LogP contribution is -2.60. The van der Waals surface area contributed by atoms with E-state index in [0.717, 1.165) is 19.4 Å². The number of rotatable bonds is 3. The molecule has 0 spiro atoms. The van der Waals surface area contributed by atoms with Crippen molar-refractivity contribution in [2.24, 2.45) is 5.92 Å². The quantitative estimate of drug-likeness (QED) is 0.784. The van der Waals surface area contributed by atoms with Gasteiger partial charge in [0.25, 0.3) is 0 Å². The molecule has 1 fully saturated rings. The van der Waals surface area contributed by atoms with Gasteiger partial charge in [0.15, 0.2) is 0 Å². The fourth-order valence-corrected chi connectivity index (χ4v) is 3.79. The highest BCUT2D eigenvalue weighted by Gasteiger charge is 2.43. The van der Waals surface area contributed by atoms with Crippen molar-refractivity contribution < 1.29 is 9.90 Å². The summed E-state index contributed by atoms with van der Waals surface area (Å²) in [5.74, 6) is -0.447. The van der Waals surface area contributed by atoms with Gasteiger partial charge in [-0.1, -0.05) is 13.0 Å². The van der Waals surface area contributed by atoms with Gasteiger partial charge in [0.2, 0.25) is 0 Å². The zero-order valence-electron chi connectivity index (χ0n) is 12.6. The maximum absolute atomic E-state index is 10.9. The van der Waals surface area contributed by atoms with Crippen molar-refractivity contribution >= 4 is 5.97 Å². The number of aliphatic carboxylic acids is 1. The van der Waals surface area contributed by atoms with E-state index in [9.17, 15) is 4.79 Å². The minimum atomic E-state index is -0.802. The molecule has 3 heteroatoms. The molecule has 1 heterocycles. The number of hydrogen-bond acceptors (Lipinski definition) is 2. The van der Waals surface area contributed by atoms with E-state index in [1.165, 1.54) is 0 Å². The van der Waals surface area contributed by atoms with Crippen molar-refractivity contribution in [3.05, 3.63) is 11.6 Å². The largest absolute Gasteiger partial charge is 0.478 e. The van der Waals surface area contributed by atoms with E-state index >= 15 is 0 Å². The summed E-state index contributed by atoms with van der Waals surface area (Å²) >= 11 is 0. The van der Waals surface area contributed by atoms with Gasteiger partial charge in [-0.05, 0) is 59.9 Å². The van der Waals surface area contributed by atoms with Gasteiger partial charge >= 0.3 is 5.97 Å². The minimum Gasteiger partial charge on any atom is -0.478 e. The van der Waals surface area contributed by atoms with Crippen LogP contribution in [0.15, 0.2) is 11.6 Å². The molecule has 0 amide bonds. The van der Waals surface area contributed by atoms with Gasteiger partial charge in [0, 0.05) is 16.7 Å². The van der Waals surface area contributed by atoms with Gasteiger partial charge in [-0.15, -0.1) is 0 Å². The lowest BCUT2D eigenvalue weighted by Gasteiger charge is -2.55. The van der Waals surface area contributed by atoms with Crippen LogP contribution in [0, 0.1) is 5.92 Å². The first-order chi connectivity index (χ1) is 8.10. The molecule has 0 aromatic carbocycles. The molecule has 104 valence electrons. The number of hydrogen-bond donors (Lipinski definition) is 1. The lowest BCUT2D eigenvalue weighted by molar-refractivity contribution is -0.132. The van der Waals surface area contributed by atoms with Gasteiger partial charge in [0.05, 0.1) is 0 Å². The van der Waals surface area contributed by atoms with Crippen molar-refractivity contribution in [3.8, 4) is 0 Å². The highest BCUT2D eigenvalue weighted by Crippen LogP contribution is 2.41. The van der Waals surface area contributed by atoms with Crippen LogP contribution in [0.3, 0.4) is 0 Å². The van der Waals surface area contributed by atoms with E-state index in [0.29, 0.717) is 11.5 Å². The molecule has 3 nitrogen and oxygen atoms in total. The van der Waals surface area contributed by atoms with Crippen molar-refractivity contribution in [2.75, 3.05) is 6.54 Å². The summed E-state index contributed by atoms with van der Waals surface area (Å²) in [5, 5.41) is 8.99. The Bertz CT molecular complexity index is 338. The van der Waals surface area contributed by atoms with Crippen molar-refractivity contribution in [3.63, 3.8) is 0 Å². The third-order valence-corrected chi connectivity index (χ3v) is 4.12. The van der Waals surface area contributed by atoms with Gasteiger partial charge in [-0.3, -0.25) is 4.90 Å². The lowest BCUT2D eigenvalue weighted by atomic mass is 9.73. The number of piperidine rings is 1. The van der Waals surface area contributed by atoms with Crippen LogP contribution < -0.4 is 0 Å². The van der Waals surface area contributed by atoms with E-state index in [4.69, 9.17) is 5.11 Å². The molecule has 0 saturated carbocycles. The van der Waals surface area contributed by atoms with Crippen LogP contribution >= 0.6 is 0 Å². The van der Waals surface area contributed by atoms with Crippen molar-refractivity contribution in [1.82, 2.24) is 4.90 Å². The Kier molecular flexibility index (Phi) is 4.26. The summed E-state index contributed by atoms with van der Waals surface area (Å²) in [5.41, 5.74) is 0.712. The summed E-state index contributed by atoms with van der Waals surface area (Å²) in [4.78, 5) is 13.5. The standard InChI is InChI=1S/C15H27NO2/c1-7-16-14(3,4)9-12(10-15(16,5)6)8-11(2)13(17)18/h8,12H,7,9-10H2,1-6H3,(H,17,18). The predicted octanol–water partition coefficient (Wildman–Crippen LogP) is 3.31. The Morgan fingerprint density at radius 3 is 2.06 bits per heavy atom. The highest BCUT2D eigenvalue weighted by atomic mass is 16.4. The fraction of sp³-hybridized carbons (Fsp3) is 0.800. The third kappa shape index (κ3) is 3.14. The number of allylic oxidation sites excluding steroid dienone is 1. The van der Waals surface area contributed by atoms with Crippen molar-refractivity contribution in [1.29, 1.82) is 0 Å². The Balaban J connectivity index is 2.97. The Hall–Kier alpha value is -0.830. The first kappa shape index (κ1) is 15.2. The molecule has 1 aliphatic rings. The zero-order chi connectivity index (χ0) is 14.1. The smallest absolute Gasteiger partial charge is 0.330 e. The van der Waals surface area contributed by atoms with E-state index in [2.05, 4.69) is 39.5 Å². The number of carbonyl (C=O) groups is 1. The topological polar surface area (TPSA) is 40.5 Å². The average molecular weight is 253 g/mol. The third-order valence-electron chi connectivity index (χ3n) is 4.12. The highest BCUT2D eigenvalue weighted by molar-refractivity contribution is 5.85. The van der Waals surface area contributed by atoms with E-state index < -0.39 is 5.97 Å². The molecule has 0 aromatic heterocycles. The molecule has 0 bridgehead atoms. The zero-order valence-corrected chi connectivity index (χ0v) is 12.6. The van der Waals surface area contributed by atoms with E-state index in [-0.39, 0.29) is 11.1 Å². The van der Waals surface area contributed by atoms with E-state index in [1.54, 1.807) is 6.92 Å². The Labute approximate surface area is 111 Å². The van der Waals surface area contributed by atoms with Gasteiger partial charge < -0.3 is 5.11 Å². The second kappa shape index (κ2) is 5.04. The summed E-state index contributed by atoms with van der Waals surface area (Å²) in [6.45, 7) is 14.0. The van der Waals surface area contributed by atoms with Gasteiger partial charge in [-0.25, -0.2) is 4.79 Å². The Morgan fingerprint density at radius 2 is 1.72 bits per heavy atom. The van der Waals surface area contributed by atoms with Crippen LogP contribution in [-0.2, 0) is 4.79 Å². The molecule has 1 saturated heterocycles. The molecular weight excluding hydrogens is 226 g/mol.